The van der Waals surface area contributed by atoms with E-state index < -0.39 is 0 Å². The molecule has 0 spiro atoms. The van der Waals surface area contributed by atoms with Crippen LogP contribution in [0.25, 0.3) is 5.69 Å². The molecule has 1 aliphatic rings. The summed E-state index contributed by atoms with van der Waals surface area (Å²) in [7, 11) is 0. The highest BCUT2D eigenvalue weighted by atomic mass is 35.5. The first-order chi connectivity index (χ1) is 13.8. The van der Waals surface area contributed by atoms with E-state index in [4.69, 9.17) is 16.3 Å². The van der Waals surface area contributed by atoms with Crippen molar-refractivity contribution < 1.29 is 4.74 Å². The molecule has 0 bridgehead atoms. The normalized spacial score (nSPS) is 14.5. The Morgan fingerprint density at radius 1 is 1.00 bits per heavy atom. The van der Waals surface area contributed by atoms with Gasteiger partial charge in [-0.3, -0.25) is 9.47 Å². The van der Waals surface area contributed by atoms with Gasteiger partial charge in [0.2, 0.25) is 0 Å². The Morgan fingerprint density at radius 2 is 1.82 bits per heavy atom. The van der Waals surface area contributed by atoms with Crippen molar-refractivity contribution in [2.24, 2.45) is 0 Å². The lowest BCUT2D eigenvalue weighted by atomic mass is 10.3. The van der Waals surface area contributed by atoms with Crippen LogP contribution in [0.15, 0.2) is 59.8 Å². The van der Waals surface area contributed by atoms with E-state index in [1.54, 1.807) is 11.8 Å². The van der Waals surface area contributed by atoms with Crippen LogP contribution in [0.5, 0.6) is 5.75 Å². The van der Waals surface area contributed by atoms with E-state index in [2.05, 4.69) is 31.8 Å². The van der Waals surface area contributed by atoms with Gasteiger partial charge in [0.15, 0.2) is 11.0 Å². The molecule has 146 valence electrons. The third-order valence-electron chi connectivity index (χ3n) is 4.66. The molecule has 28 heavy (non-hydrogen) atoms. The Labute approximate surface area is 174 Å². The van der Waals surface area contributed by atoms with Crippen LogP contribution in [0.3, 0.4) is 0 Å². The van der Waals surface area contributed by atoms with Gasteiger partial charge >= 0.3 is 0 Å². The first kappa shape index (κ1) is 19.3. The summed E-state index contributed by atoms with van der Waals surface area (Å²) in [6.45, 7) is 3.69. The summed E-state index contributed by atoms with van der Waals surface area (Å²) >= 11 is 7.66. The maximum absolute atomic E-state index is 6.00. The lowest BCUT2D eigenvalue weighted by Crippen LogP contribution is -2.21. The van der Waals surface area contributed by atoms with Crippen molar-refractivity contribution in [2.75, 3.05) is 25.4 Å². The van der Waals surface area contributed by atoms with Crippen molar-refractivity contribution in [2.45, 2.75) is 24.5 Å². The fourth-order valence-electron chi connectivity index (χ4n) is 3.32. The molecule has 0 atom stereocenters. The van der Waals surface area contributed by atoms with Crippen molar-refractivity contribution in [3.63, 3.8) is 0 Å². The summed E-state index contributed by atoms with van der Waals surface area (Å²) in [5, 5.41) is 10.5. The van der Waals surface area contributed by atoms with E-state index in [0.717, 1.165) is 47.8 Å². The van der Waals surface area contributed by atoms with E-state index in [1.807, 2.05) is 42.5 Å². The molecule has 0 unspecified atom stereocenters. The van der Waals surface area contributed by atoms with Crippen LogP contribution >= 0.6 is 23.4 Å². The largest absolute Gasteiger partial charge is 0.493 e. The summed E-state index contributed by atoms with van der Waals surface area (Å²) < 4.78 is 7.97. The minimum atomic E-state index is 0.577. The predicted octanol–water partition coefficient (Wildman–Crippen LogP) is 4.69. The zero-order valence-corrected chi connectivity index (χ0v) is 17.2. The Kier molecular flexibility index (Phi) is 6.52. The summed E-state index contributed by atoms with van der Waals surface area (Å²) in [4.78, 5) is 2.44. The van der Waals surface area contributed by atoms with Gasteiger partial charge in [-0.2, -0.15) is 0 Å². The van der Waals surface area contributed by atoms with Gasteiger partial charge < -0.3 is 4.74 Å². The third kappa shape index (κ3) is 4.87. The second-order valence-electron chi connectivity index (χ2n) is 6.71. The smallest absolute Gasteiger partial charge is 0.195 e. The molecule has 1 aliphatic heterocycles. The average molecular weight is 415 g/mol. The van der Waals surface area contributed by atoms with Crippen molar-refractivity contribution >= 4 is 23.4 Å². The van der Waals surface area contributed by atoms with Gasteiger partial charge in [0.1, 0.15) is 5.75 Å². The highest BCUT2D eigenvalue weighted by molar-refractivity contribution is 7.99. The zero-order chi connectivity index (χ0) is 19.2. The quantitative estimate of drug-likeness (QED) is 0.395. The van der Waals surface area contributed by atoms with Crippen LogP contribution < -0.4 is 4.74 Å². The molecule has 0 amide bonds. The molecule has 0 N–H and O–H groups in total. The molecule has 4 rings (SSSR count). The summed E-state index contributed by atoms with van der Waals surface area (Å²) in [5.41, 5.74) is 1.10. The average Bonchev–Trinajstić information content (AvgIpc) is 3.36. The van der Waals surface area contributed by atoms with E-state index in [-0.39, 0.29) is 0 Å². The molecule has 7 heteroatoms. The first-order valence-electron chi connectivity index (χ1n) is 9.53. The zero-order valence-electron chi connectivity index (χ0n) is 15.6. The number of nitrogens with zero attached hydrogens (tertiary/aromatic N) is 4. The maximum atomic E-state index is 6.00. The summed E-state index contributed by atoms with van der Waals surface area (Å²) in [6, 6.07) is 17.8. The number of hydrogen-bond acceptors (Lipinski definition) is 5. The van der Waals surface area contributed by atoms with Crippen molar-refractivity contribution in [1.82, 2.24) is 19.7 Å². The Hall–Kier alpha value is -2.02. The number of likely N-dealkylation sites (tertiary alicyclic amines) is 1. The van der Waals surface area contributed by atoms with Crippen LogP contribution in [-0.2, 0) is 6.54 Å². The van der Waals surface area contributed by atoms with Crippen LogP contribution in [0.2, 0.25) is 5.02 Å². The highest BCUT2D eigenvalue weighted by Gasteiger charge is 2.19. The number of para-hydroxylation sites is 1. The van der Waals surface area contributed by atoms with E-state index >= 15 is 0 Å². The molecule has 1 saturated heterocycles. The second-order valence-corrected chi connectivity index (χ2v) is 8.21. The Morgan fingerprint density at radius 3 is 2.61 bits per heavy atom. The molecule has 0 radical (unpaired) electrons. The molecule has 1 aromatic heterocycles. The number of halogens is 1. The maximum Gasteiger partial charge on any atom is 0.195 e. The Balaban J connectivity index is 1.44. The monoisotopic (exact) mass is 414 g/mol. The van der Waals surface area contributed by atoms with Gasteiger partial charge in [0.25, 0.3) is 0 Å². The molecule has 1 fully saturated rings. The molecule has 5 nitrogen and oxygen atoms in total. The van der Waals surface area contributed by atoms with Gasteiger partial charge in [-0.05, 0) is 56.3 Å². The molecule has 3 aromatic rings. The van der Waals surface area contributed by atoms with Gasteiger partial charge in [-0.15, -0.1) is 10.2 Å². The van der Waals surface area contributed by atoms with Crippen molar-refractivity contribution in [3.8, 4) is 11.4 Å². The molecule has 2 heterocycles. The number of ether oxygens (including phenoxy) is 1. The van der Waals surface area contributed by atoms with Crippen molar-refractivity contribution in [1.29, 1.82) is 0 Å². The molecule has 0 saturated carbocycles. The van der Waals surface area contributed by atoms with Crippen LogP contribution in [0.1, 0.15) is 18.7 Å². The first-order valence-corrected chi connectivity index (χ1v) is 10.9. The molecule has 0 aliphatic carbocycles. The lowest BCUT2D eigenvalue weighted by Gasteiger charge is -2.16. The number of rotatable bonds is 8. The van der Waals surface area contributed by atoms with E-state index in [1.165, 1.54) is 12.8 Å². The molecular weight excluding hydrogens is 392 g/mol. The van der Waals surface area contributed by atoms with Crippen LogP contribution in [0.4, 0.5) is 0 Å². The second kappa shape index (κ2) is 9.45. The molecular formula is C21H23ClN4OS. The third-order valence-corrected chi connectivity index (χ3v) is 5.79. The van der Waals surface area contributed by atoms with Gasteiger partial charge in [0.05, 0.1) is 13.2 Å². The minimum Gasteiger partial charge on any atom is -0.493 e. The summed E-state index contributed by atoms with van der Waals surface area (Å²) in [5.74, 6) is 2.56. The number of aromatic nitrogens is 3. The molecule has 2 aromatic carbocycles. The van der Waals surface area contributed by atoms with E-state index in [0.29, 0.717) is 11.6 Å². The van der Waals surface area contributed by atoms with Crippen LogP contribution in [-0.4, -0.2) is 45.1 Å². The number of benzene rings is 2. The van der Waals surface area contributed by atoms with E-state index in [9.17, 15) is 0 Å². The standard InChI is InChI=1S/C21H23ClN4OS/c22-17-7-6-10-19(15-17)27-13-14-28-21-24-23-20(16-25-11-4-5-12-25)26(21)18-8-2-1-3-9-18/h1-3,6-10,15H,4-5,11-14,16H2. The van der Waals surface area contributed by atoms with Crippen LogP contribution in [0, 0.1) is 0 Å². The SMILES string of the molecule is Clc1cccc(OCCSc2nnc(CN3CCCC3)n2-c2ccccc2)c1. The Bertz CT molecular complexity index is 896. The highest BCUT2D eigenvalue weighted by Crippen LogP contribution is 2.24. The summed E-state index contributed by atoms with van der Waals surface area (Å²) in [6.07, 6.45) is 2.53. The van der Waals surface area contributed by atoms with Gasteiger partial charge in [-0.25, -0.2) is 0 Å². The number of thioether (sulfide) groups is 1. The minimum absolute atomic E-state index is 0.577. The number of hydrogen-bond donors (Lipinski definition) is 0. The topological polar surface area (TPSA) is 43.2 Å². The van der Waals surface area contributed by atoms with Gasteiger partial charge in [0, 0.05) is 16.5 Å². The predicted molar refractivity (Wildman–Crippen MR) is 114 cm³/mol. The van der Waals surface area contributed by atoms with Gasteiger partial charge in [-0.1, -0.05) is 47.6 Å². The lowest BCUT2D eigenvalue weighted by molar-refractivity contribution is 0.319. The fourth-order valence-corrected chi connectivity index (χ4v) is 4.29. The van der Waals surface area contributed by atoms with Crippen molar-refractivity contribution in [3.05, 3.63) is 65.4 Å². The fraction of sp³-hybridized carbons (Fsp3) is 0.333.